The molecule has 104 valence electrons. The molecule has 0 bridgehead atoms. The van der Waals surface area contributed by atoms with Crippen LogP contribution in [0.5, 0.6) is 0 Å². The molecule has 1 aromatic heterocycles. The Balaban J connectivity index is 2.69. The van der Waals surface area contributed by atoms with Gasteiger partial charge in [-0.05, 0) is 12.8 Å². The second kappa shape index (κ2) is 6.67. The van der Waals surface area contributed by atoms with Crippen LogP contribution in [0, 0.1) is 23.0 Å². The van der Waals surface area contributed by atoms with Gasteiger partial charge < -0.3 is 10.4 Å². The number of hydrogen-bond acceptors (Lipinski definition) is 5. The van der Waals surface area contributed by atoms with Crippen LogP contribution in [0.3, 0.4) is 0 Å². The van der Waals surface area contributed by atoms with Gasteiger partial charge in [0.25, 0.3) is 5.69 Å². The normalized spacial score (nSPS) is 11.9. The predicted molar refractivity (Wildman–Crippen MR) is 70.2 cm³/mol. The molecular formula is C12H17N3O4. The molecule has 1 rings (SSSR count). The number of carbonyl (C=O) groups is 1. The van der Waals surface area contributed by atoms with Crippen molar-refractivity contribution in [2.75, 3.05) is 11.9 Å². The predicted octanol–water partition coefficient (Wildman–Crippen LogP) is 2.21. The fourth-order valence-corrected chi connectivity index (χ4v) is 1.66. The van der Waals surface area contributed by atoms with Gasteiger partial charge in [-0.3, -0.25) is 14.9 Å². The maximum atomic E-state index is 10.8. The van der Waals surface area contributed by atoms with Gasteiger partial charge in [0, 0.05) is 24.7 Å². The molecule has 0 spiro atoms. The van der Waals surface area contributed by atoms with Crippen molar-refractivity contribution in [2.45, 2.75) is 26.7 Å². The van der Waals surface area contributed by atoms with E-state index in [9.17, 15) is 14.9 Å². The van der Waals surface area contributed by atoms with Gasteiger partial charge >= 0.3 is 5.97 Å². The molecule has 0 saturated carbocycles. The largest absolute Gasteiger partial charge is 0.481 e. The lowest BCUT2D eigenvalue weighted by Crippen LogP contribution is -2.17. The second-order valence-corrected chi connectivity index (χ2v) is 4.37. The number of carboxylic acids is 1. The summed E-state index contributed by atoms with van der Waals surface area (Å²) in [5, 5.41) is 22.5. The van der Waals surface area contributed by atoms with Crippen LogP contribution in [0.15, 0.2) is 12.3 Å². The average molecular weight is 267 g/mol. The Labute approximate surface area is 110 Å². The second-order valence-electron chi connectivity index (χ2n) is 4.37. The minimum Gasteiger partial charge on any atom is -0.481 e. The molecule has 1 unspecified atom stereocenters. The lowest BCUT2D eigenvalue weighted by atomic mass is 10.0. The van der Waals surface area contributed by atoms with Gasteiger partial charge in [0.1, 0.15) is 5.82 Å². The Morgan fingerprint density at radius 1 is 1.63 bits per heavy atom. The number of hydrogen-bond donors (Lipinski definition) is 2. The summed E-state index contributed by atoms with van der Waals surface area (Å²) in [4.78, 5) is 25.0. The van der Waals surface area contributed by atoms with Gasteiger partial charge in [0.2, 0.25) is 0 Å². The highest BCUT2D eigenvalue weighted by Gasteiger charge is 2.14. The number of nitrogens with one attached hydrogen (secondary N) is 1. The fraction of sp³-hybridized carbons (Fsp3) is 0.500. The summed E-state index contributed by atoms with van der Waals surface area (Å²) in [6.07, 6.45) is 2.21. The third-order valence-corrected chi connectivity index (χ3v) is 2.88. The highest BCUT2D eigenvalue weighted by molar-refractivity contribution is 5.67. The smallest absolute Gasteiger partial charge is 0.303 e. The van der Waals surface area contributed by atoms with Crippen molar-refractivity contribution >= 4 is 17.5 Å². The highest BCUT2D eigenvalue weighted by atomic mass is 16.6. The topological polar surface area (TPSA) is 105 Å². The molecule has 1 aromatic rings. The van der Waals surface area contributed by atoms with E-state index in [1.54, 1.807) is 6.92 Å². The van der Waals surface area contributed by atoms with Gasteiger partial charge in [0.05, 0.1) is 11.0 Å². The number of nitrogens with zero attached hydrogens (tertiary/aromatic N) is 2. The zero-order valence-corrected chi connectivity index (χ0v) is 10.9. The first-order valence-corrected chi connectivity index (χ1v) is 6.00. The Hall–Kier alpha value is -2.18. The van der Waals surface area contributed by atoms with Gasteiger partial charge in [-0.25, -0.2) is 4.98 Å². The summed E-state index contributed by atoms with van der Waals surface area (Å²) in [5.41, 5.74) is 0.497. The van der Waals surface area contributed by atoms with Crippen LogP contribution in [-0.2, 0) is 4.79 Å². The Bertz CT molecular complexity index is 476. The number of pyridine rings is 1. The van der Waals surface area contributed by atoms with E-state index in [0.29, 0.717) is 24.3 Å². The molecule has 19 heavy (non-hydrogen) atoms. The van der Waals surface area contributed by atoms with Crippen molar-refractivity contribution in [1.82, 2.24) is 4.98 Å². The number of rotatable bonds is 7. The number of carboxylic acid groups (broad SMARTS) is 1. The first kappa shape index (κ1) is 14.9. The van der Waals surface area contributed by atoms with Gasteiger partial charge in [-0.1, -0.05) is 13.3 Å². The first-order chi connectivity index (χ1) is 8.93. The minimum absolute atomic E-state index is 0.00350. The molecule has 0 aliphatic heterocycles. The third kappa shape index (κ3) is 4.53. The number of anilines is 1. The van der Waals surface area contributed by atoms with Crippen molar-refractivity contribution in [3.05, 3.63) is 27.9 Å². The summed E-state index contributed by atoms with van der Waals surface area (Å²) in [6.45, 7) is 3.95. The molecule has 0 aliphatic carbocycles. The van der Waals surface area contributed by atoms with E-state index in [0.717, 1.165) is 0 Å². The van der Waals surface area contributed by atoms with E-state index in [1.165, 1.54) is 12.3 Å². The van der Waals surface area contributed by atoms with E-state index in [4.69, 9.17) is 5.11 Å². The van der Waals surface area contributed by atoms with E-state index >= 15 is 0 Å². The Kier molecular flexibility index (Phi) is 5.23. The Morgan fingerprint density at radius 3 is 2.84 bits per heavy atom. The van der Waals surface area contributed by atoms with E-state index in [2.05, 4.69) is 10.3 Å². The number of nitro groups is 1. The number of aliphatic carboxylic acids is 1. The molecule has 2 N–H and O–H groups in total. The van der Waals surface area contributed by atoms with E-state index in [-0.39, 0.29) is 18.0 Å². The maximum absolute atomic E-state index is 10.8. The maximum Gasteiger partial charge on any atom is 0.303 e. The molecule has 0 aliphatic rings. The molecular weight excluding hydrogens is 250 g/mol. The quantitative estimate of drug-likeness (QED) is 0.579. The van der Waals surface area contributed by atoms with Crippen LogP contribution < -0.4 is 5.32 Å². The Morgan fingerprint density at radius 2 is 2.32 bits per heavy atom. The molecule has 0 saturated heterocycles. The molecule has 7 heteroatoms. The summed E-state index contributed by atoms with van der Waals surface area (Å²) in [5.74, 6) is -0.489. The van der Waals surface area contributed by atoms with Crippen molar-refractivity contribution < 1.29 is 14.8 Å². The van der Waals surface area contributed by atoms with Crippen molar-refractivity contribution in [3.63, 3.8) is 0 Å². The summed E-state index contributed by atoms with van der Waals surface area (Å²) in [6, 6.07) is 1.36. The van der Waals surface area contributed by atoms with Crippen LogP contribution in [0.4, 0.5) is 11.5 Å². The molecule has 0 aromatic carbocycles. The average Bonchev–Trinajstić information content (AvgIpc) is 2.35. The van der Waals surface area contributed by atoms with Crippen LogP contribution in [0.1, 0.15) is 25.3 Å². The SMILES string of the molecule is CCC(CNc1cc([N+](=O)[O-])c(C)cn1)CC(=O)O. The monoisotopic (exact) mass is 267 g/mol. The minimum atomic E-state index is -0.850. The molecule has 1 atom stereocenters. The van der Waals surface area contributed by atoms with E-state index < -0.39 is 10.9 Å². The summed E-state index contributed by atoms with van der Waals surface area (Å²) in [7, 11) is 0. The first-order valence-electron chi connectivity index (χ1n) is 6.00. The van der Waals surface area contributed by atoms with Crippen molar-refractivity contribution in [1.29, 1.82) is 0 Å². The van der Waals surface area contributed by atoms with Crippen LogP contribution >= 0.6 is 0 Å². The zero-order chi connectivity index (χ0) is 14.4. The molecule has 1 heterocycles. The molecule has 0 fully saturated rings. The summed E-state index contributed by atoms with van der Waals surface area (Å²) < 4.78 is 0. The van der Waals surface area contributed by atoms with Crippen molar-refractivity contribution in [2.24, 2.45) is 5.92 Å². The summed E-state index contributed by atoms with van der Waals surface area (Å²) >= 11 is 0. The molecule has 0 amide bonds. The van der Waals surface area contributed by atoms with Gasteiger partial charge in [-0.15, -0.1) is 0 Å². The highest BCUT2D eigenvalue weighted by Crippen LogP contribution is 2.20. The molecule has 0 radical (unpaired) electrons. The zero-order valence-electron chi connectivity index (χ0n) is 10.9. The van der Waals surface area contributed by atoms with Crippen LogP contribution in [-0.4, -0.2) is 27.5 Å². The standard InChI is InChI=1S/C12H17N3O4/c1-3-9(4-12(16)17)7-14-11-5-10(15(18)19)8(2)6-13-11/h5-6,9H,3-4,7H2,1-2H3,(H,13,14)(H,16,17). The lowest BCUT2D eigenvalue weighted by molar-refractivity contribution is -0.385. The molecule has 7 nitrogen and oxygen atoms in total. The number of aromatic nitrogens is 1. The van der Waals surface area contributed by atoms with E-state index in [1.807, 2.05) is 6.92 Å². The van der Waals surface area contributed by atoms with Gasteiger partial charge in [-0.2, -0.15) is 0 Å². The lowest BCUT2D eigenvalue weighted by Gasteiger charge is -2.13. The van der Waals surface area contributed by atoms with Crippen LogP contribution in [0.2, 0.25) is 0 Å². The fourth-order valence-electron chi connectivity index (χ4n) is 1.66. The third-order valence-electron chi connectivity index (χ3n) is 2.88. The number of aryl methyl sites for hydroxylation is 1. The van der Waals surface area contributed by atoms with Crippen molar-refractivity contribution in [3.8, 4) is 0 Å². The van der Waals surface area contributed by atoms with Gasteiger partial charge in [0.15, 0.2) is 0 Å². The van der Waals surface area contributed by atoms with Crippen LogP contribution in [0.25, 0.3) is 0 Å².